The molecule has 5 nitrogen and oxygen atoms in total. The molecule has 5 atom stereocenters. The number of halogens is 2. The molecule has 3 N–H and O–H groups in total. The lowest BCUT2D eigenvalue weighted by atomic mass is 9.90. The van der Waals surface area contributed by atoms with E-state index >= 15 is 0 Å². The van der Waals surface area contributed by atoms with Crippen LogP contribution in [0.25, 0.3) is 0 Å². The van der Waals surface area contributed by atoms with E-state index in [0.717, 1.165) is 21.3 Å². The van der Waals surface area contributed by atoms with Crippen LogP contribution in [-0.2, 0) is 11.2 Å². The monoisotopic (exact) mass is 440 g/mol. The highest BCUT2D eigenvalue weighted by Crippen LogP contribution is 2.35. The summed E-state index contributed by atoms with van der Waals surface area (Å²) in [5.41, 5.74) is 2.63. The lowest BCUT2D eigenvalue weighted by molar-refractivity contribution is -0.214. The van der Waals surface area contributed by atoms with Crippen LogP contribution in [0, 0.1) is 0 Å². The van der Waals surface area contributed by atoms with Crippen LogP contribution in [0.1, 0.15) is 22.8 Å². The summed E-state index contributed by atoms with van der Waals surface area (Å²) < 4.78 is 25.5. The van der Waals surface area contributed by atoms with E-state index in [2.05, 4.69) is 15.9 Å². The average Bonchev–Trinajstić information content (AvgIpc) is 2.69. The van der Waals surface area contributed by atoms with Gasteiger partial charge in [0.15, 0.2) is 6.17 Å². The van der Waals surface area contributed by atoms with Gasteiger partial charge in [0.1, 0.15) is 30.2 Å². The molecule has 1 aliphatic rings. The molecule has 7 heteroatoms. The quantitative estimate of drug-likeness (QED) is 0.665. The second kappa shape index (κ2) is 8.67. The van der Waals surface area contributed by atoms with E-state index in [-0.39, 0.29) is 0 Å². The second-order valence-electron chi connectivity index (χ2n) is 6.58. The first-order valence-corrected chi connectivity index (χ1v) is 9.41. The number of hydrogen-bond donors (Lipinski definition) is 3. The van der Waals surface area contributed by atoms with Crippen molar-refractivity contribution in [2.75, 3.05) is 13.7 Å². The standard InChI is InChI=1S/C20H22BrFO5/c1-26-14-5-2-11(3-6-14)8-13-9-12(4-7-15(13)21)20-19(25)18(24)17(22)16(10-23)27-20/h2-7,9,16-20,23-25H,8,10H2,1H3. The molecule has 0 aliphatic carbocycles. The third kappa shape index (κ3) is 4.33. The molecule has 0 saturated carbocycles. The van der Waals surface area contributed by atoms with Crippen molar-refractivity contribution in [2.24, 2.45) is 0 Å². The number of aliphatic hydroxyl groups excluding tert-OH is 3. The fourth-order valence-corrected chi connectivity index (χ4v) is 3.61. The van der Waals surface area contributed by atoms with Gasteiger partial charge in [-0.3, -0.25) is 0 Å². The van der Waals surface area contributed by atoms with Crippen molar-refractivity contribution in [3.8, 4) is 5.75 Å². The summed E-state index contributed by atoms with van der Waals surface area (Å²) in [6, 6.07) is 13.1. The molecule has 0 amide bonds. The Bertz CT molecular complexity index is 767. The van der Waals surface area contributed by atoms with Crippen LogP contribution < -0.4 is 4.74 Å². The van der Waals surface area contributed by atoms with Crippen molar-refractivity contribution in [1.29, 1.82) is 0 Å². The fourth-order valence-electron chi connectivity index (χ4n) is 3.22. The number of hydrogen-bond acceptors (Lipinski definition) is 5. The van der Waals surface area contributed by atoms with Crippen molar-refractivity contribution in [3.05, 3.63) is 63.6 Å². The zero-order valence-corrected chi connectivity index (χ0v) is 16.3. The van der Waals surface area contributed by atoms with Crippen LogP contribution in [0.3, 0.4) is 0 Å². The van der Waals surface area contributed by atoms with Gasteiger partial charge in [0, 0.05) is 4.47 Å². The van der Waals surface area contributed by atoms with Crippen molar-refractivity contribution >= 4 is 15.9 Å². The van der Waals surface area contributed by atoms with E-state index in [4.69, 9.17) is 9.47 Å². The molecule has 0 spiro atoms. The third-order valence-electron chi connectivity index (χ3n) is 4.79. The van der Waals surface area contributed by atoms with Crippen LogP contribution in [0.5, 0.6) is 5.75 Å². The summed E-state index contributed by atoms with van der Waals surface area (Å²) in [6.07, 6.45) is -6.35. The van der Waals surface area contributed by atoms with E-state index < -0.39 is 37.2 Å². The molecule has 3 rings (SSSR count). The van der Waals surface area contributed by atoms with Gasteiger partial charge >= 0.3 is 0 Å². The summed E-state index contributed by atoms with van der Waals surface area (Å²) in [7, 11) is 1.61. The SMILES string of the molecule is COc1ccc(Cc2cc(C3OC(CO)C(F)C(O)C3O)ccc2Br)cc1. The fraction of sp³-hybridized carbons (Fsp3) is 0.400. The molecule has 2 aromatic rings. The highest BCUT2D eigenvalue weighted by Gasteiger charge is 2.45. The molecule has 2 aromatic carbocycles. The molecule has 0 bridgehead atoms. The van der Waals surface area contributed by atoms with Gasteiger partial charge < -0.3 is 24.8 Å². The molecular weight excluding hydrogens is 419 g/mol. The Balaban J connectivity index is 1.85. The minimum atomic E-state index is -1.84. The maximum Gasteiger partial charge on any atom is 0.157 e. The van der Waals surface area contributed by atoms with Gasteiger partial charge in [-0.05, 0) is 41.3 Å². The molecule has 0 aromatic heterocycles. The molecule has 0 radical (unpaired) electrons. The smallest absolute Gasteiger partial charge is 0.157 e. The number of alkyl halides is 1. The van der Waals surface area contributed by atoms with Crippen molar-refractivity contribution in [1.82, 2.24) is 0 Å². The molecule has 27 heavy (non-hydrogen) atoms. The topological polar surface area (TPSA) is 79.2 Å². The van der Waals surface area contributed by atoms with Gasteiger partial charge in [-0.15, -0.1) is 0 Å². The Kier molecular flexibility index (Phi) is 6.49. The summed E-state index contributed by atoms with van der Waals surface area (Å²) in [5, 5.41) is 29.5. The Labute approximate surface area is 165 Å². The van der Waals surface area contributed by atoms with Crippen LogP contribution >= 0.6 is 15.9 Å². The van der Waals surface area contributed by atoms with Gasteiger partial charge in [0.05, 0.1) is 13.7 Å². The van der Waals surface area contributed by atoms with Gasteiger partial charge in [-0.1, -0.05) is 40.2 Å². The maximum absolute atomic E-state index is 14.0. The molecule has 5 unspecified atom stereocenters. The first-order chi connectivity index (χ1) is 12.9. The summed E-state index contributed by atoms with van der Waals surface area (Å²) in [4.78, 5) is 0. The minimum Gasteiger partial charge on any atom is -0.497 e. The van der Waals surface area contributed by atoms with Gasteiger partial charge in [-0.2, -0.15) is 0 Å². The molecule has 1 saturated heterocycles. The van der Waals surface area contributed by atoms with Crippen molar-refractivity contribution < 1.29 is 29.2 Å². The van der Waals surface area contributed by atoms with E-state index in [1.165, 1.54) is 0 Å². The lowest BCUT2D eigenvalue weighted by Gasteiger charge is -2.39. The van der Waals surface area contributed by atoms with Gasteiger partial charge in [0.2, 0.25) is 0 Å². The van der Waals surface area contributed by atoms with Gasteiger partial charge in [-0.25, -0.2) is 4.39 Å². The molecule has 1 heterocycles. The zero-order chi connectivity index (χ0) is 19.6. The normalized spacial score (nSPS) is 28.1. The molecular formula is C20H22BrFO5. The zero-order valence-electron chi connectivity index (χ0n) is 14.8. The first-order valence-electron chi connectivity index (χ1n) is 8.62. The van der Waals surface area contributed by atoms with Crippen LogP contribution in [0.4, 0.5) is 4.39 Å². The molecule has 146 valence electrons. The average molecular weight is 441 g/mol. The number of ether oxygens (including phenoxy) is 2. The number of aliphatic hydroxyl groups is 3. The van der Waals surface area contributed by atoms with E-state index in [1.54, 1.807) is 13.2 Å². The molecule has 1 aliphatic heterocycles. The van der Waals surface area contributed by atoms with Crippen LogP contribution in [0.15, 0.2) is 46.9 Å². The van der Waals surface area contributed by atoms with Crippen molar-refractivity contribution in [3.63, 3.8) is 0 Å². The van der Waals surface area contributed by atoms with E-state index in [9.17, 15) is 19.7 Å². The second-order valence-corrected chi connectivity index (χ2v) is 7.43. The Morgan fingerprint density at radius 1 is 1.11 bits per heavy atom. The highest BCUT2D eigenvalue weighted by molar-refractivity contribution is 9.10. The number of benzene rings is 2. The Morgan fingerprint density at radius 2 is 1.81 bits per heavy atom. The highest BCUT2D eigenvalue weighted by atomic mass is 79.9. The van der Waals surface area contributed by atoms with Gasteiger partial charge in [0.25, 0.3) is 0 Å². The first kappa shape index (κ1) is 20.2. The molecule has 1 fully saturated rings. The minimum absolute atomic E-state index is 0.573. The Hall–Kier alpha value is -1.51. The van der Waals surface area contributed by atoms with E-state index in [1.807, 2.05) is 36.4 Å². The predicted octanol–water partition coefficient (Wildman–Crippen LogP) is 2.54. The van der Waals surface area contributed by atoms with E-state index in [0.29, 0.717) is 12.0 Å². The predicted molar refractivity (Wildman–Crippen MR) is 102 cm³/mol. The summed E-state index contributed by atoms with van der Waals surface area (Å²) >= 11 is 3.52. The largest absolute Gasteiger partial charge is 0.497 e. The lowest BCUT2D eigenvalue weighted by Crippen LogP contribution is -2.53. The van der Waals surface area contributed by atoms with Crippen LogP contribution in [0.2, 0.25) is 0 Å². The Morgan fingerprint density at radius 3 is 2.44 bits per heavy atom. The number of methoxy groups -OCH3 is 1. The maximum atomic E-state index is 14.0. The third-order valence-corrected chi connectivity index (χ3v) is 5.57. The van der Waals surface area contributed by atoms with Crippen LogP contribution in [-0.4, -0.2) is 53.5 Å². The van der Waals surface area contributed by atoms with Crippen molar-refractivity contribution in [2.45, 2.75) is 37.0 Å². The number of rotatable bonds is 5. The summed E-state index contributed by atoms with van der Waals surface area (Å²) in [5.74, 6) is 0.773. The summed E-state index contributed by atoms with van der Waals surface area (Å²) in [6.45, 7) is -0.573.